The van der Waals surface area contributed by atoms with Crippen molar-refractivity contribution in [3.63, 3.8) is 0 Å². The van der Waals surface area contributed by atoms with Crippen molar-refractivity contribution in [2.75, 3.05) is 13.1 Å². The first-order valence-electron chi connectivity index (χ1n) is 12.3. The summed E-state index contributed by atoms with van der Waals surface area (Å²) >= 11 is 0. The van der Waals surface area contributed by atoms with E-state index in [9.17, 15) is 14.7 Å². The highest BCUT2D eigenvalue weighted by atomic mass is 16.4. The van der Waals surface area contributed by atoms with Gasteiger partial charge in [-0.15, -0.1) is 0 Å². The Morgan fingerprint density at radius 2 is 1.84 bits per heavy atom. The molecule has 10 heteroatoms. The maximum atomic E-state index is 13.8. The fraction of sp³-hybridized carbons (Fsp3) is 0.214. The number of aromatic nitrogens is 5. The monoisotopic (exact) mass is 510 g/mol. The molecule has 0 spiro atoms. The van der Waals surface area contributed by atoms with Crippen LogP contribution in [0.4, 0.5) is 0 Å². The topological polar surface area (TPSA) is 118 Å². The van der Waals surface area contributed by atoms with Crippen LogP contribution in [-0.2, 0) is 13.6 Å². The summed E-state index contributed by atoms with van der Waals surface area (Å²) in [6, 6.07) is 15.1. The predicted octanol–water partition coefficient (Wildman–Crippen LogP) is 3.44. The molecular formula is C28H26N6O4. The van der Waals surface area contributed by atoms with Crippen molar-refractivity contribution in [3.05, 3.63) is 95.1 Å². The van der Waals surface area contributed by atoms with E-state index in [1.807, 2.05) is 23.9 Å². The van der Waals surface area contributed by atoms with E-state index in [1.165, 1.54) is 16.7 Å². The van der Waals surface area contributed by atoms with E-state index in [-0.39, 0.29) is 23.0 Å². The largest absolute Gasteiger partial charge is 0.506 e. The van der Waals surface area contributed by atoms with Gasteiger partial charge in [0, 0.05) is 38.7 Å². The zero-order chi connectivity index (χ0) is 26.4. The van der Waals surface area contributed by atoms with Crippen LogP contribution >= 0.6 is 0 Å². The smallest absolute Gasteiger partial charge is 0.335 e. The van der Waals surface area contributed by atoms with Gasteiger partial charge in [0.25, 0.3) is 0 Å². The number of carboxylic acids is 1. The molecule has 3 aromatic heterocycles. The van der Waals surface area contributed by atoms with Crippen LogP contribution in [0.5, 0.6) is 5.75 Å². The van der Waals surface area contributed by atoms with Crippen LogP contribution in [-0.4, -0.2) is 57.8 Å². The van der Waals surface area contributed by atoms with Gasteiger partial charge >= 0.3 is 11.7 Å². The maximum absolute atomic E-state index is 13.8. The maximum Gasteiger partial charge on any atom is 0.335 e. The van der Waals surface area contributed by atoms with Crippen molar-refractivity contribution in [2.24, 2.45) is 7.05 Å². The molecule has 6 rings (SSSR count). The molecule has 192 valence electrons. The second-order valence-corrected chi connectivity index (χ2v) is 9.55. The number of carboxylic acid groups (broad SMARTS) is 1. The lowest BCUT2D eigenvalue weighted by Gasteiger charge is -2.16. The molecule has 1 aliphatic heterocycles. The van der Waals surface area contributed by atoms with E-state index < -0.39 is 5.97 Å². The van der Waals surface area contributed by atoms with Crippen molar-refractivity contribution in [1.29, 1.82) is 0 Å². The van der Waals surface area contributed by atoms with E-state index >= 15 is 0 Å². The first-order valence-corrected chi connectivity index (χ1v) is 12.3. The third-order valence-corrected chi connectivity index (χ3v) is 7.21. The Kier molecular flexibility index (Phi) is 5.80. The van der Waals surface area contributed by atoms with Crippen LogP contribution in [0.15, 0.2) is 78.0 Å². The highest BCUT2D eigenvalue weighted by Gasteiger charge is 2.30. The Bertz CT molecular complexity index is 1720. The van der Waals surface area contributed by atoms with Crippen molar-refractivity contribution in [2.45, 2.75) is 19.0 Å². The predicted molar refractivity (Wildman–Crippen MR) is 142 cm³/mol. The van der Waals surface area contributed by atoms with Gasteiger partial charge < -0.3 is 14.8 Å². The summed E-state index contributed by atoms with van der Waals surface area (Å²) in [5.41, 5.74) is 2.96. The second-order valence-electron chi connectivity index (χ2n) is 9.55. The SMILES string of the molecule is Cn1ccnc1CN1CC[C@H](n2c(=O)n(-c3ccc(-c4ccc(C(=O)O)cc4)cc3O)c3cccnc32)C1. The minimum Gasteiger partial charge on any atom is -0.506 e. The first-order chi connectivity index (χ1) is 18.4. The summed E-state index contributed by atoms with van der Waals surface area (Å²) in [5, 5.41) is 20.2. The molecule has 4 heterocycles. The summed E-state index contributed by atoms with van der Waals surface area (Å²) in [7, 11) is 1.97. The average molecular weight is 511 g/mol. The third kappa shape index (κ3) is 4.04. The molecule has 10 nitrogen and oxygen atoms in total. The second kappa shape index (κ2) is 9.31. The number of rotatable bonds is 6. The third-order valence-electron chi connectivity index (χ3n) is 7.21. The van der Waals surface area contributed by atoms with Crippen LogP contribution in [0, 0.1) is 0 Å². The van der Waals surface area contributed by atoms with Crippen LogP contribution in [0.3, 0.4) is 0 Å². The minimum absolute atomic E-state index is 0.0577. The van der Waals surface area contributed by atoms with Gasteiger partial charge in [0.2, 0.25) is 0 Å². The molecule has 1 saturated heterocycles. The Balaban J connectivity index is 1.35. The fourth-order valence-corrected chi connectivity index (χ4v) is 5.22. The summed E-state index contributed by atoms with van der Waals surface area (Å²) < 4.78 is 5.25. The molecule has 0 radical (unpaired) electrons. The normalized spacial score (nSPS) is 15.9. The van der Waals surface area contributed by atoms with Gasteiger partial charge in [0.1, 0.15) is 11.6 Å². The number of likely N-dealkylation sites (tertiary alicyclic amines) is 1. The molecule has 1 atom stereocenters. The highest BCUT2D eigenvalue weighted by Crippen LogP contribution is 2.32. The van der Waals surface area contributed by atoms with Gasteiger partial charge in [-0.2, -0.15) is 0 Å². The van der Waals surface area contributed by atoms with Crippen LogP contribution in [0.1, 0.15) is 28.6 Å². The molecular weight excluding hydrogens is 484 g/mol. The highest BCUT2D eigenvalue weighted by molar-refractivity contribution is 5.88. The van der Waals surface area contributed by atoms with E-state index in [1.54, 1.807) is 53.4 Å². The number of fused-ring (bicyclic) bond motifs is 1. The fourth-order valence-electron chi connectivity index (χ4n) is 5.22. The Morgan fingerprint density at radius 3 is 2.55 bits per heavy atom. The minimum atomic E-state index is -0.999. The first kappa shape index (κ1) is 23.7. The standard InChI is InChI=1S/C28H26N6O4/c1-31-14-12-29-25(31)17-32-13-10-21(16-32)33-26-23(3-2-11-30-26)34(28(33)38)22-9-8-20(15-24(22)35)18-4-6-19(7-5-18)27(36)37/h2-9,11-12,14-15,21,35H,10,13,16-17H2,1H3,(H,36,37)/t21-/m0/s1. The van der Waals surface area contributed by atoms with E-state index in [4.69, 9.17) is 5.11 Å². The number of imidazole rings is 2. The van der Waals surface area contributed by atoms with Gasteiger partial charge in [-0.1, -0.05) is 18.2 Å². The summed E-state index contributed by atoms with van der Waals surface area (Å²) in [6.45, 7) is 2.24. The van der Waals surface area contributed by atoms with Crippen molar-refractivity contribution in [1.82, 2.24) is 28.6 Å². The number of nitrogens with zero attached hydrogens (tertiary/aromatic N) is 6. The number of aromatic hydroxyl groups is 1. The Morgan fingerprint density at radius 1 is 1.05 bits per heavy atom. The molecule has 38 heavy (non-hydrogen) atoms. The van der Waals surface area contributed by atoms with Crippen molar-refractivity contribution >= 4 is 17.1 Å². The number of benzene rings is 2. The summed E-state index contributed by atoms with van der Waals surface area (Å²) in [4.78, 5) is 36.3. The van der Waals surface area contributed by atoms with Gasteiger partial charge in [-0.25, -0.2) is 19.6 Å². The lowest BCUT2D eigenvalue weighted by atomic mass is 10.0. The van der Waals surface area contributed by atoms with Crippen LogP contribution in [0.25, 0.3) is 28.0 Å². The number of hydrogen-bond donors (Lipinski definition) is 2. The van der Waals surface area contributed by atoms with Gasteiger partial charge in [0.05, 0.1) is 29.4 Å². The molecule has 0 aliphatic carbocycles. The van der Waals surface area contributed by atoms with Crippen molar-refractivity contribution in [3.8, 4) is 22.6 Å². The molecule has 2 aromatic carbocycles. The van der Waals surface area contributed by atoms with Gasteiger partial charge in [-0.05, 0) is 53.9 Å². The molecule has 5 aromatic rings. The molecule has 0 amide bonds. The van der Waals surface area contributed by atoms with Crippen LogP contribution < -0.4 is 5.69 Å². The van der Waals surface area contributed by atoms with Crippen LogP contribution in [0.2, 0.25) is 0 Å². The molecule has 0 bridgehead atoms. The average Bonchev–Trinajstić information content (AvgIpc) is 3.62. The lowest BCUT2D eigenvalue weighted by molar-refractivity contribution is 0.0697. The number of carbonyl (C=O) groups is 1. The number of phenols is 1. The van der Waals surface area contributed by atoms with E-state index in [2.05, 4.69) is 14.9 Å². The van der Waals surface area contributed by atoms with E-state index in [0.717, 1.165) is 24.4 Å². The zero-order valence-corrected chi connectivity index (χ0v) is 20.7. The van der Waals surface area contributed by atoms with Gasteiger partial charge in [0.15, 0.2) is 5.65 Å². The molecule has 0 unspecified atom stereocenters. The number of aryl methyl sites for hydroxylation is 1. The van der Waals surface area contributed by atoms with Gasteiger partial charge in [-0.3, -0.25) is 14.0 Å². The number of hydrogen-bond acceptors (Lipinski definition) is 6. The Hall–Kier alpha value is -4.70. The number of aromatic carboxylic acids is 1. The quantitative estimate of drug-likeness (QED) is 0.359. The lowest BCUT2D eigenvalue weighted by Crippen LogP contribution is -2.29. The molecule has 2 N–H and O–H groups in total. The number of pyridine rings is 1. The summed E-state index contributed by atoms with van der Waals surface area (Å²) in [6.07, 6.45) is 6.19. The molecule has 1 fully saturated rings. The number of phenolic OH excluding ortho intramolecular Hbond substituents is 1. The molecule has 0 saturated carbocycles. The van der Waals surface area contributed by atoms with E-state index in [0.29, 0.717) is 35.5 Å². The Labute approximate surface area is 217 Å². The zero-order valence-electron chi connectivity index (χ0n) is 20.7. The summed E-state index contributed by atoms with van der Waals surface area (Å²) in [5.74, 6) is -0.0834. The molecule has 1 aliphatic rings. The van der Waals surface area contributed by atoms with Crippen molar-refractivity contribution < 1.29 is 15.0 Å².